The highest BCUT2D eigenvalue weighted by Gasteiger charge is 2.31. The van der Waals surface area contributed by atoms with Crippen LogP contribution in [0.25, 0.3) is 0 Å². The van der Waals surface area contributed by atoms with Gasteiger partial charge in [-0.3, -0.25) is 0 Å². The van der Waals surface area contributed by atoms with E-state index in [1.807, 2.05) is 7.11 Å². The summed E-state index contributed by atoms with van der Waals surface area (Å²) in [6, 6.07) is 0.602. The second-order valence-electron chi connectivity index (χ2n) is 10.9. The lowest BCUT2D eigenvalue weighted by Crippen LogP contribution is -2.49. The predicted molar refractivity (Wildman–Crippen MR) is 133 cm³/mol. The van der Waals surface area contributed by atoms with Crippen LogP contribution in [0.15, 0.2) is 0 Å². The average molecular weight is 506 g/mol. The third-order valence-electron chi connectivity index (χ3n) is 8.18. The molecule has 3 rings (SSSR count). The van der Waals surface area contributed by atoms with Crippen LogP contribution in [0.5, 0.6) is 0 Å². The first-order valence-electron chi connectivity index (χ1n) is 12.7. The summed E-state index contributed by atoms with van der Waals surface area (Å²) in [7, 11) is 1.84. The van der Waals surface area contributed by atoms with Gasteiger partial charge >= 0.3 is 0 Å². The Labute approximate surface area is 199 Å². The van der Waals surface area contributed by atoms with Gasteiger partial charge in [0.25, 0.3) is 0 Å². The molecule has 5 heteroatoms. The van der Waals surface area contributed by atoms with Gasteiger partial charge in [-0.05, 0) is 107 Å². The Kier molecular flexibility index (Phi) is 10.8. The number of methoxy groups -OCH3 is 1. The SMILES string of the molecule is COCC1CC(Br)CC(CN[C@@H](CN2CCC(C3CCC(Cl)CC3)CC2)C(C)C)C1. The Bertz CT molecular complexity index is 478. The molecule has 1 aliphatic heterocycles. The fourth-order valence-corrected chi connectivity index (χ4v) is 7.60. The second kappa shape index (κ2) is 12.8. The van der Waals surface area contributed by atoms with Crippen LogP contribution < -0.4 is 5.32 Å². The van der Waals surface area contributed by atoms with Gasteiger partial charge in [0.15, 0.2) is 0 Å². The molecule has 0 radical (unpaired) electrons. The van der Waals surface area contributed by atoms with Crippen LogP contribution in [-0.4, -0.2) is 61.0 Å². The van der Waals surface area contributed by atoms with Gasteiger partial charge in [0.1, 0.15) is 0 Å². The van der Waals surface area contributed by atoms with Crippen molar-refractivity contribution < 1.29 is 4.74 Å². The fraction of sp³-hybridized carbons (Fsp3) is 1.00. The standard InChI is InChI=1S/C25H46BrClN2O/c1-18(2)25(28-15-19-12-20(17-30-3)14-23(26)13-19)16-29-10-8-22(9-11-29)21-4-6-24(27)7-5-21/h18-25,28H,4-17H2,1-3H3/t19?,20?,21?,23?,24?,25-/m0/s1. The third-order valence-corrected chi connectivity index (χ3v) is 9.36. The Hall–Kier alpha value is 0.650. The van der Waals surface area contributed by atoms with E-state index in [0.717, 1.165) is 30.9 Å². The van der Waals surface area contributed by atoms with Crippen molar-refractivity contribution >= 4 is 27.5 Å². The zero-order valence-electron chi connectivity index (χ0n) is 19.6. The number of rotatable bonds is 9. The smallest absolute Gasteiger partial charge is 0.0491 e. The van der Waals surface area contributed by atoms with Crippen LogP contribution in [-0.2, 0) is 4.74 Å². The van der Waals surface area contributed by atoms with Crippen molar-refractivity contribution in [1.82, 2.24) is 10.2 Å². The Morgan fingerprint density at radius 1 is 0.967 bits per heavy atom. The van der Waals surface area contributed by atoms with Crippen LogP contribution in [0.2, 0.25) is 0 Å². The maximum absolute atomic E-state index is 6.32. The first kappa shape index (κ1) is 25.3. The summed E-state index contributed by atoms with van der Waals surface area (Å²) in [5.41, 5.74) is 0. The molecule has 0 spiro atoms. The number of hydrogen-bond acceptors (Lipinski definition) is 3. The summed E-state index contributed by atoms with van der Waals surface area (Å²) in [6.45, 7) is 10.6. The molecule has 0 aromatic rings. The van der Waals surface area contributed by atoms with Gasteiger partial charge in [-0.2, -0.15) is 0 Å². The molecule has 1 N–H and O–H groups in total. The number of nitrogens with one attached hydrogen (secondary N) is 1. The summed E-state index contributed by atoms with van der Waals surface area (Å²) in [5, 5.41) is 4.43. The molecule has 0 bridgehead atoms. The topological polar surface area (TPSA) is 24.5 Å². The largest absolute Gasteiger partial charge is 0.384 e. The minimum Gasteiger partial charge on any atom is -0.384 e. The maximum Gasteiger partial charge on any atom is 0.0491 e. The van der Waals surface area contributed by atoms with Crippen molar-refractivity contribution in [3.8, 4) is 0 Å². The molecule has 1 saturated heterocycles. The summed E-state index contributed by atoms with van der Waals surface area (Å²) < 4.78 is 5.45. The minimum absolute atomic E-state index is 0.452. The van der Waals surface area contributed by atoms with Crippen molar-refractivity contribution in [2.45, 2.75) is 87.9 Å². The first-order chi connectivity index (χ1) is 14.4. The fourth-order valence-electron chi connectivity index (χ4n) is 6.29. The van der Waals surface area contributed by atoms with Crippen molar-refractivity contribution in [3.63, 3.8) is 0 Å². The average Bonchev–Trinajstić information content (AvgIpc) is 2.72. The monoisotopic (exact) mass is 504 g/mol. The lowest BCUT2D eigenvalue weighted by Gasteiger charge is -2.40. The maximum atomic E-state index is 6.32. The zero-order chi connectivity index (χ0) is 21.5. The van der Waals surface area contributed by atoms with E-state index in [-0.39, 0.29) is 0 Å². The number of alkyl halides is 2. The van der Waals surface area contributed by atoms with Crippen molar-refractivity contribution in [3.05, 3.63) is 0 Å². The molecular formula is C25H46BrClN2O. The van der Waals surface area contributed by atoms with E-state index < -0.39 is 0 Å². The van der Waals surface area contributed by atoms with E-state index >= 15 is 0 Å². The van der Waals surface area contributed by atoms with Crippen LogP contribution >= 0.6 is 27.5 Å². The first-order valence-corrected chi connectivity index (χ1v) is 14.0. The molecule has 30 heavy (non-hydrogen) atoms. The second-order valence-corrected chi connectivity index (χ2v) is 12.8. The molecule has 3 aliphatic rings. The zero-order valence-corrected chi connectivity index (χ0v) is 22.0. The number of ether oxygens (including phenoxy) is 1. The molecule has 1 heterocycles. The van der Waals surface area contributed by atoms with E-state index in [1.165, 1.54) is 77.4 Å². The minimum atomic E-state index is 0.452. The molecule has 0 aromatic heterocycles. The summed E-state index contributed by atoms with van der Waals surface area (Å²) in [6.07, 6.45) is 11.9. The van der Waals surface area contributed by atoms with E-state index in [4.69, 9.17) is 16.3 Å². The summed E-state index contributed by atoms with van der Waals surface area (Å²) in [5.74, 6) is 4.06. The molecule has 4 atom stereocenters. The van der Waals surface area contributed by atoms with Crippen LogP contribution in [0.4, 0.5) is 0 Å². The quantitative estimate of drug-likeness (QED) is 0.393. The van der Waals surface area contributed by atoms with Crippen molar-refractivity contribution in [2.24, 2.45) is 29.6 Å². The summed E-state index contributed by atoms with van der Waals surface area (Å²) >= 11 is 10.2. The molecule has 0 aromatic carbocycles. The van der Waals surface area contributed by atoms with Gasteiger partial charge in [-0.1, -0.05) is 29.8 Å². The number of halogens is 2. The lowest BCUT2D eigenvalue weighted by molar-refractivity contribution is 0.105. The molecule has 3 fully saturated rings. The van der Waals surface area contributed by atoms with Crippen LogP contribution in [0.1, 0.15) is 71.6 Å². The van der Waals surface area contributed by atoms with Crippen LogP contribution in [0, 0.1) is 29.6 Å². The molecular weight excluding hydrogens is 460 g/mol. The number of hydrogen-bond donors (Lipinski definition) is 1. The van der Waals surface area contributed by atoms with Crippen molar-refractivity contribution in [2.75, 3.05) is 39.9 Å². The van der Waals surface area contributed by atoms with Gasteiger partial charge < -0.3 is 15.0 Å². The van der Waals surface area contributed by atoms with Gasteiger partial charge in [-0.15, -0.1) is 11.6 Å². The third kappa shape index (κ3) is 7.90. The van der Waals surface area contributed by atoms with E-state index in [2.05, 4.69) is 40.0 Å². The van der Waals surface area contributed by atoms with Crippen molar-refractivity contribution in [1.29, 1.82) is 0 Å². The predicted octanol–water partition coefficient (Wildman–Crippen LogP) is 5.94. The van der Waals surface area contributed by atoms with Gasteiger partial charge in [0.2, 0.25) is 0 Å². The van der Waals surface area contributed by atoms with E-state index in [0.29, 0.717) is 28.1 Å². The van der Waals surface area contributed by atoms with Gasteiger partial charge in [-0.25, -0.2) is 0 Å². The molecule has 3 unspecified atom stereocenters. The molecule has 176 valence electrons. The molecule has 3 nitrogen and oxygen atoms in total. The molecule has 0 amide bonds. The van der Waals surface area contributed by atoms with Gasteiger partial charge in [0.05, 0.1) is 0 Å². The Morgan fingerprint density at radius 3 is 2.23 bits per heavy atom. The number of piperidine rings is 1. The lowest BCUT2D eigenvalue weighted by atomic mass is 9.75. The Morgan fingerprint density at radius 2 is 1.60 bits per heavy atom. The van der Waals surface area contributed by atoms with E-state index in [9.17, 15) is 0 Å². The highest BCUT2D eigenvalue weighted by molar-refractivity contribution is 9.09. The Balaban J connectivity index is 1.40. The molecule has 2 aliphatic carbocycles. The highest BCUT2D eigenvalue weighted by Crippen LogP contribution is 2.37. The summed E-state index contributed by atoms with van der Waals surface area (Å²) in [4.78, 5) is 3.40. The number of likely N-dealkylation sites (tertiary alicyclic amines) is 1. The highest BCUT2D eigenvalue weighted by atomic mass is 79.9. The van der Waals surface area contributed by atoms with Crippen LogP contribution in [0.3, 0.4) is 0 Å². The van der Waals surface area contributed by atoms with Gasteiger partial charge in [0, 0.05) is 36.5 Å². The normalized spacial score (nSPS) is 35.6. The van der Waals surface area contributed by atoms with E-state index in [1.54, 1.807) is 0 Å². The number of nitrogens with zero attached hydrogens (tertiary/aromatic N) is 1. The molecule has 2 saturated carbocycles.